The first-order valence-electron chi connectivity index (χ1n) is 5.31. The molecule has 1 atom stereocenters. The molecule has 0 aliphatic carbocycles. The molecule has 0 bridgehead atoms. The van der Waals surface area contributed by atoms with Crippen molar-refractivity contribution in [2.75, 3.05) is 18.6 Å². The standard InChI is InChI=1S/C11H21NO3S/c1-8(7-16-4)9(13)12-6-5-11(2,3)10(14)15/h8H,5-7H2,1-4H3,(H,12,13)(H,14,15). The minimum atomic E-state index is -0.834. The Morgan fingerprint density at radius 3 is 2.44 bits per heavy atom. The molecular weight excluding hydrogens is 226 g/mol. The Labute approximate surface area is 101 Å². The van der Waals surface area contributed by atoms with Crippen molar-refractivity contribution in [1.82, 2.24) is 5.32 Å². The van der Waals surface area contributed by atoms with Crippen LogP contribution in [0.1, 0.15) is 27.2 Å². The highest BCUT2D eigenvalue weighted by Gasteiger charge is 2.26. The smallest absolute Gasteiger partial charge is 0.309 e. The molecule has 0 aromatic heterocycles. The van der Waals surface area contributed by atoms with Crippen LogP contribution in [0.4, 0.5) is 0 Å². The largest absolute Gasteiger partial charge is 0.481 e. The summed E-state index contributed by atoms with van der Waals surface area (Å²) in [7, 11) is 0. The van der Waals surface area contributed by atoms with Crippen LogP contribution in [0.2, 0.25) is 0 Å². The van der Waals surface area contributed by atoms with E-state index in [1.165, 1.54) is 0 Å². The Kier molecular flexibility index (Phi) is 6.48. The molecule has 0 saturated carbocycles. The van der Waals surface area contributed by atoms with Gasteiger partial charge in [-0.1, -0.05) is 6.92 Å². The van der Waals surface area contributed by atoms with Crippen molar-refractivity contribution in [3.63, 3.8) is 0 Å². The number of nitrogens with one attached hydrogen (secondary N) is 1. The van der Waals surface area contributed by atoms with Crippen LogP contribution in [-0.4, -0.2) is 35.5 Å². The molecule has 1 amide bonds. The number of rotatable bonds is 7. The van der Waals surface area contributed by atoms with Crippen LogP contribution >= 0.6 is 11.8 Å². The number of carboxylic acid groups (broad SMARTS) is 1. The zero-order valence-corrected chi connectivity index (χ0v) is 11.2. The van der Waals surface area contributed by atoms with Gasteiger partial charge >= 0.3 is 5.97 Å². The van der Waals surface area contributed by atoms with Crippen molar-refractivity contribution in [2.24, 2.45) is 11.3 Å². The van der Waals surface area contributed by atoms with E-state index in [4.69, 9.17) is 5.11 Å². The van der Waals surface area contributed by atoms with Crippen LogP contribution in [0.25, 0.3) is 0 Å². The number of carbonyl (C=O) groups is 2. The Bertz CT molecular complexity index is 254. The SMILES string of the molecule is CSCC(C)C(=O)NCCC(C)(C)C(=O)O. The number of carboxylic acids is 1. The molecule has 0 fully saturated rings. The molecule has 0 aromatic rings. The summed E-state index contributed by atoms with van der Waals surface area (Å²) in [5.41, 5.74) is -0.782. The maximum Gasteiger partial charge on any atom is 0.309 e. The van der Waals surface area contributed by atoms with E-state index in [1.807, 2.05) is 13.2 Å². The highest BCUT2D eigenvalue weighted by atomic mass is 32.2. The van der Waals surface area contributed by atoms with Gasteiger partial charge in [0.05, 0.1) is 5.41 Å². The lowest BCUT2D eigenvalue weighted by Crippen LogP contribution is -2.35. The van der Waals surface area contributed by atoms with Crippen molar-refractivity contribution in [3.8, 4) is 0 Å². The summed E-state index contributed by atoms with van der Waals surface area (Å²) in [6, 6.07) is 0. The number of hydrogen-bond acceptors (Lipinski definition) is 3. The Morgan fingerprint density at radius 2 is 2.00 bits per heavy atom. The number of aliphatic carboxylic acids is 1. The molecule has 94 valence electrons. The first kappa shape index (κ1) is 15.3. The molecule has 0 rings (SSSR count). The number of hydrogen-bond donors (Lipinski definition) is 2. The summed E-state index contributed by atoms with van der Waals surface area (Å²) in [4.78, 5) is 22.3. The predicted octanol–water partition coefficient (Wildman–Crippen LogP) is 1.60. The second kappa shape index (κ2) is 6.78. The first-order chi connectivity index (χ1) is 7.31. The summed E-state index contributed by atoms with van der Waals surface area (Å²) >= 11 is 1.63. The summed E-state index contributed by atoms with van der Waals surface area (Å²) in [6.07, 6.45) is 2.40. The van der Waals surface area contributed by atoms with Gasteiger partial charge in [0, 0.05) is 18.2 Å². The third-order valence-electron chi connectivity index (χ3n) is 2.49. The second-order valence-electron chi connectivity index (χ2n) is 4.59. The Hall–Kier alpha value is -0.710. The van der Waals surface area contributed by atoms with Crippen LogP contribution in [0, 0.1) is 11.3 Å². The van der Waals surface area contributed by atoms with Crippen molar-refractivity contribution < 1.29 is 14.7 Å². The second-order valence-corrected chi connectivity index (χ2v) is 5.50. The van der Waals surface area contributed by atoms with Gasteiger partial charge in [-0.15, -0.1) is 0 Å². The van der Waals surface area contributed by atoms with E-state index in [0.29, 0.717) is 13.0 Å². The van der Waals surface area contributed by atoms with Gasteiger partial charge in [0.15, 0.2) is 0 Å². The molecule has 0 aliphatic rings. The van der Waals surface area contributed by atoms with Crippen molar-refractivity contribution in [2.45, 2.75) is 27.2 Å². The van der Waals surface area contributed by atoms with Gasteiger partial charge in [-0.25, -0.2) is 0 Å². The zero-order chi connectivity index (χ0) is 12.8. The summed E-state index contributed by atoms with van der Waals surface area (Å²) in [5.74, 6) is -0.0777. The van der Waals surface area contributed by atoms with Gasteiger partial charge in [0.2, 0.25) is 5.91 Å². The summed E-state index contributed by atoms with van der Waals surface area (Å²) < 4.78 is 0. The average molecular weight is 247 g/mol. The maximum absolute atomic E-state index is 11.5. The fraction of sp³-hybridized carbons (Fsp3) is 0.818. The highest BCUT2D eigenvalue weighted by Crippen LogP contribution is 2.19. The van der Waals surface area contributed by atoms with Crippen molar-refractivity contribution in [1.29, 1.82) is 0 Å². The van der Waals surface area contributed by atoms with Crippen LogP contribution < -0.4 is 5.32 Å². The molecule has 16 heavy (non-hydrogen) atoms. The van der Waals surface area contributed by atoms with Crippen LogP contribution in [-0.2, 0) is 9.59 Å². The zero-order valence-electron chi connectivity index (χ0n) is 10.4. The lowest BCUT2D eigenvalue weighted by atomic mass is 9.89. The third kappa shape index (κ3) is 5.39. The van der Waals surface area contributed by atoms with Gasteiger partial charge in [-0.2, -0.15) is 11.8 Å². The number of thioether (sulfide) groups is 1. The number of amides is 1. The van der Waals surface area contributed by atoms with Gasteiger partial charge in [0.1, 0.15) is 0 Å². The average Bonchev–Trinajstić information content (AvgIpc) is 2.17. The van der Waals surface area contributed by atoms with Gasteiger partial charge in [-0.3, -0.25) is 9.59 Å². The normalized spacial score (nSPS) is 13.2. The Balaban J connectivity index is 3.90. The van der Waals surface area contributed by atoms with Crippen molar-refractivity contribution in [3.05, 3.63) is 0 Å². The van der Waals surface area contributed by atoms with E-state index in [-0.39, 0.29) is 11.8 Å². The van der Waals surface area contributed by atoms with E-state index in [9.17, 15) is 9.59 Å². The molecule has 0 saturated heterocycles. The third-order valence-corrected chi connectivity index (χ3v) is 3.33. The number of carbonyl (C=O) groups excluding carboxylic acids is 1. The molecule has 0 spiro atoms. The maximum atomic E-state index is 11.5. The van der Waals surface area contributed by atoms with Gasteiger partial charge in [-0.05, 0) is 26.5 Å². The minimum absolute atomic E-state index is 0.00413. The van der Waals surface area contributed by atoms with Gasteiger partial charge in [0.25, 0.3) is 0 Å². The minimum Gasteiger partial charge on any atom is -0.481 e. The highest BCUT2D eigenvalue weighted by molar-refractivity contribution is 7.98. The molecule has 1 unspecified atom stereocenters. The summed E-state index contributed by atoms with van der Waals surface area (Å²) in [6.45, 7) is 5.60. The molecule has 0 radical (unpaired) electrons. The lowest BCUT2D eigenvalue weighted by Gasteiger charge is -2.19. The van der Waals surface area contributed by atoms with E-state index in [1.54, 1.807) is 25.6 Å². The Morgan fingerprint density at radius 1 is 1.44 bits per heavy atom. The topological polar surface area (TPSA) is 66.4 Å². The van der Waals surface area contributed by atoms with Gasteiger partial charge < -0.3 is 10.4 Å². The molecule has 0 heterocycles. The molecule has 0 aromatic carbocycles. The molecule has 0 aliphatic heterocycles. The monoisotopic (exact) mass is 247 g/mol. The predicted molar refractivity (Wildman–Crippen MR) is 66.6 cm³/mol. The van der Waals surface area contributed by atoms with E-state index >= 15 is 0 Å². The molecule has 2 N–H and O–H groups in total. The van der Waals surface area contributed by atoms with Crippen LogP contribution in [0.15, 0.2) is 0 Å². The van der Waals surface area contributed by atoms with Crippen LogP contribution in [0.5, 0.6) is 0 Å². The summed E-state index contributed by atoms with van der Waals surface area (Å²) in [5, 5.41) is 11.6. The first-order valence-corrected chi connectivity index (χ1v) is 6.70. The van der Waals surface area contributed by atoms with E-state index < -0.39 is 11.4 Å². The van der Waals surface area contributed by atoms with E-state index in [0.717, 1.165) is 5.75 Å². The molecule has 5 heteroatoms. The lowest BCUT2D eigenvalue weighted by molar-refractivity contribution is -0.147. The fourth-order valence-corrected chi connectivity index (χ4v) is 1.76. The quantitative estimate of drug-likeness (QED) is 0.717. The fourth-order valence-electron chi connectivity index (χ4n) is 1.11. The van der Waals surface area contributed by atoms with Crippen molar-refractivity contribution >= 4 is 23.6 Å². The van der Waals surface area contributed by atoms with Crippen LogP contribution in [0.3, 0.4) is 0 Å². The van der Waals surface area contributed by atoms with E-state index in [2.05, 4.69) is 5.32 Å². The molecule has 4 nitrogen and oxygen atoms in total. The molecular formula is C11H21NO3S.